The normalized spacial score (nSPS) is 16.3. The molecule has 0 amide bonds. The van der Waals surface area contributed by atoms with E-state index in [0.717, 1.165) is 49.6 Å². The van der Waals surface area contributed by atoms with Crippen LogP contribution in [0.3, 0.4) is 0 Å². The van der Waals surface area contributed by atoms with Crippen molar-refractivity contribution in [1.82, 2.24) is 14.9 Å². The molecule has 0 bridgehead atoms. The first-order chi connectivity index (χ1) is 20.8. The molecule has 6 rings (SSSR count). The van der Waals surface area contributed by atoms with Crippen LogP contribution in [0, 0.1) is 24.0 Å². The van der Waals surface area contributed by atoms with Gasteiger partial charge in [-0.2, -0.15) is 0 Å². The van der Waals surface area contributed by atoms with Crippen LogP contribution >= 0.6 is 24.0 Å². The van der Waals surface area contributed by atoms with Gasteiger partial charge >= 0.3 is 0 Å². The molecule has 1 fully saturated rings. The van der Waals surface area contributed by atoms with Crippen molar-refractivity contribution >= 4 is 40.5 Å². The molecule has 2 atom stereocenters. The fraction of sp³-hybridized carbons (Fsp3) is 0.152. The van der Waals surface area contributed by atoms with Crippen LogP contribution < -0.4 is 15.0 Å². The second-order valence-corrected chi connectivity index (χ2v) is 11.7. The minimum Gasteiger partial charge on any atom is -0.497 e. The van der Waals surface area contributed by atoms with Crippen molar-refractivity contribution in [2.24, 2.45) is 0 Å². The molecule has 3 aromatic carbocycles. The Bertz CT molecular complexity index is 1770. The summed E-state index contributed by atoms with van der Waals surface area (Å²) in [6, 6.07) is 30.8. The van der Waals surface area contributed by atoms with Crippen LogP contribution in [-0.4, -0.2) is 26.7 Å². The number of hydrogen-bond donors (Lipinski definition) is 1. The second kappa shape index (κ2) is 11.9. The van der Waals surface area contributed by atoms with Gasteiger partial charge in [0.1, 0.15) is 5.75 Å². The number of nitro benzene ring substituents is 1. The Labute approximate surface area is 259 Å². The number of anilines is 1. The molecule has 0 unspecified atom stereocenters. The number of rotatable bonds is 8. The van der Waals surface area contributed by atoms with Gasteiger partial charge in [-0.3, -0.25) is 15.1 Å². The molecular weight excluding hydrogens is 579 g/mol. The standard InChI is InChI=1S/C33H29N5O3S2/c1-21-20-29(22(2)36(21)23-7-13-26(41-3)14-8-23)32-31(30-6-4-5-19-34-30)35-33(42)37(32)24-9-15-27(16-10-24)43-28-17-11-25(12-18-28)38(39)40/h4-20,31-32H,1-3H3,(H,35,42)/t31-,32+/m1/s1. The van der Waals surface area contributed by atoms with E-state index in [1.54, 1.807) is 31.0 Å². The summed E-state index contributed by atoms with van der Waals surface area (Å²) >= 11 is 7.51. The van der Waals surface area contributed by atoms with Crippen molar-refractivity contribution in [2.45, 2.75) is 35.7 Å². The number of benzene rings is 3. The van der Waals surface area contributed by atoms with E-state index in [-0.39, 0.29) is 22.7 Å². The van der Waals surface area contributed by atoms with E-state index in [0.29, 0.717) is 5.11 Å². The largest absolute Gasteiger partial charge is 0.497 e. The Hall–Kier alpha value is -4.67. The number of hydrogen-bond acceptors (Lipinski definition) is 6. The number of thiocarbonyl (C=S) groups is 1. The van der Waals surface area contributed by atoms with E-state index in [4.69, 9.17) is 21.9 Å². The molecule has 0 aliphatic carbocycles. The highest BCUT2D eigenvalue weighted by Gasteiger charge is 2.42. The zero-order valence-corrected chi connectivity index (χ0v) is 25.4. The van der Waals surface area contributed by atoms with E-state index in [2.05, 4.69) is 71.1 Å². The molecule has 10 heteroatoms. The van der Waals surface area contributed by atoms with Gasteiger partial charge in [-0.1, -0.05) is 17.8 Å². The maximum absolute atomic E-state index is 11.0. The van der Waals surface area contributed by atoms with E-state index < -0.39 is 0 Å². The number of aryl methyl sites for hydroxylation is 1. The summed E-state index contributed by atoms with van der Waals surface area (Å²) in [5, 5.41) is 15.2. The number of ether oxygens (including phenoxy) is 1. The summed E-state index contributed by atoms with van der Waals surface area (Å²) in [6.07, 6.45) is 1.81. The average Bonchev–Trinajstić information content (AvgIpc) is 3.52. The van der Waals surface area contributed by atoms with Crippen LogP contribution in [0.15, 0.2) is 113 Å². The zero-order valence-electron chi connectivity index (χ0n) is 23.8. The lowest BCUT2D eigenvalue weighted by molar-refractivity contribution is -0.384. The third-order valence-corrected chi connectivity index (χ3v) is 8.95. The molecule has 3 heterocycles. The lowest BCUT2D eigenvalue weighted by atomic mass is 9.96. The van der Waals surface area contributed by atoms with Crippen LogP contribution in [0.4, 0.5) is 11.4 Å². The maximum Gasteiger partial charge on any atom is 0.269 e. The fourth-order valence-electron chi connectivity index (χ4n) is 5.61. The quantitative estimate of drug-likeness (QED) is 0.109. The maximum atomic E-state index is 11.0. The molecule has 2 aromatic heterocycles. The van der Waals surface area contributed by atoms with Gasteiger partial charge in [0.25, 0.3) is 5.69 Å². The molecule has 8 nitrogen and oxygen atoms in total. The number of aromatic nitrogens is 2. The van der Waals surface area contributed by atoms with Gasteiger partial charge in [-0.15, -0.1) is 0 Å². The zero-order chi connectivity index (χ0) is 30.1. The molecule has 0 saturated carbocycles. The first-order valence-corrected chi connectivity index (χ1v) is 14.9. The lowest BCUT2D eigenvalue weighted by Gasteiger charge is -2.28. The van der Waals surface area contributed by atoms with Gasteiger partial charge < -0.3 is 19.5 Å². The molecule has 1 aliphatic heterocycles. The Balaban J connectivity index is 1.36. The third-order valence-electron chi connectivity index (χ3n) is 7.62. The van der Waals surface area contributed by atoms with Crippen molar-refractivity contribution in [1.29, 1.82) is 0 Å². The number of pyridine rings is 1. The lowest BCUT2D eigenvalue weighted by Crippen LogP contribution is -2.29. The second-order valence-electron chi connectivity index (χ2n) is 10.2. The van der Waals surface area contributed by atoms with E-state index in [1.807, 2.05) is 36.5 Å². The summed E-state index contributed by atoms with van der Waals surface area (Å²) in [7, 11) is 1.67. The Morgan fingerprint density at radius 3 is 2.19 bits per heavy atom. The van der Waals surface area contributed by atoms with Crippen LogP contribution in [0.1, 0.15) is 34.7 Å². The highest BCUT2D eigenvalue weighted by Crippen LogP contribution is 2.44. The predicted molar refractivity (Wildman–Crippen MR) is 173 cm³/mol. The summed E-state index contributed by atoms with van der Waals surface area (Å²) in [4.78, 5) is 19.4. The third kappa shape index (κ3) is 5.59. The smallest absolute Gasteiger partial charge is 0.269 e. The number of nitrogens with one attached hydrogen (secondary N) is 1. The topological polar surface area (TPSA) is 85.5 Å². The molecule has 216 valence electrons. The van der Waals surface area contributed by atoms with Crippen molar-refractivity contribution in [3.63, 3.8) is 0 Å². The molecule has 0 spiro atoms. The van der Waals surface area contributed by atoms with Gasteiger partial charge in [-0.25, -0.2) is 0 Å². The molecule has 0 radical (unpaired) electrons. The van der Waals surface area contributed by atoms with Gasteiger partial charge in [0.05, 0.1) is 29.8 Å². The van der Waals surface area contributed by atoms with Crippen molar-refractivity contribution in [3.05, 3.63) is 136 Å². The average molecular weight is 608 g/mol. The van der Waals surface area contributed by atoms with Gasteiger partial charge in [0.15, 0.2) is 5.11 Å². The summed E-state index contributed by atoms with van der Waals surface area (Å²) in [6.45, 7) is 4.26. The number of nitro groups is 1. The highest BCUT2D eigenvalue weighted by molar-refractivity contribution is 7.99. The summed E-state index contributed by atoms with van der Waals surface area (Å²) < 4.78 is 7.63. The van der Waals surface area contributed by atoms with Crippen LogP contribution in [0.2, 0.25) is 0 Å². The van der Waals surface area contributed by atoms with Crippen molar-refractivity contribution in [3.8, 4) is 11.4 Å². The summed E-state index contributed by atoms with van der Waals surface area (Å²) in [5.74, 6) is 0.813. The van der Waals surface area contributed by atoms with Gasteiger partial charge in [0, 0.05) is 50.9 Å². The molecule has 43 heavy (non-hydrogen) atoms. The van der Waals surface area contributed by atoms with E-state index >= 15 is 0 Å². The predicted octanol–water partition coefficient (Wildman–Crippen LogP) is 7.73. The number of non-ortho nitro benzene ring substituents is 1. The minimum atomic E-state index is -0.390. The first-order valence-electron chi connectivity index (χ1n) is 13.7. The Morgan fingerprint density at radius 1 is 0.930 bits per heavy atom. The van der Waals surface area contributed by atoms with Crippen LogP contribution in [-0.2, 0) is 0 Å². The molecule has 5 aromatic rings. The fourth-order valence-corrected chi connectivity index (χ4v) is 6.77. The highest BCUT2D eigenvalue weighted by atomic mass is 32.2. The van der Waals surface area contributed by atoms with E-state index in [9.17, 15) is 10.1 Å². The van der Waals surface area contributed by atoms with Crippen molar-refractivity contribution in [2.75, 3.05) is 12.0 Å². The van der Waals surface area contributed by atoms with Crippen molar-refractivity contribution < 1.29 is 9.66 Å². The SMILES string of the molecule is COc1ccc(-n2c(C)cc([C@H]3[C@@H](c4ccccn4)NC(=S)N3c3ccc(Sc4ccc([N+](=O)[O-])cc4)cc3)c2C)cc1. The number of methoxy groups -OCH3 is 1. The Morgan fingerprint density at radius 2 is 1.58 bits per heavy atom. The van der Waals surface area contributed by atoms with Gasteiger partial charge in [0.2, 0.25) is 0 Å². The number of nitrogens with zero attached hydrogens (tertiary/aromatic N) is 4. The molecule has 1 saturated heterocycles. The summed E-state index contributed by atoms with van der Waals surface area (Å²) in [5.41, 5.74) is 6.40. The molecule has 1 N–H and O–H groups in total. The molecule has 1 aliphatic rings. The molecular formula is C33H29N5O3S2. The Kier molecular flexibility index (Phi) is 7.88. The van der Waals surface area contributed by atoms with Crippen LogP contribution in [0.5, 0.6) is 5.75 Å². The first kappa shape index (κ1) is 28.4. The van der Waals surface area contributed by atoms with Gasteiger partial charge in [-0.05, 0) is 110 Å². The van der Waals surface area contributed by atoms with Crippen LogP contribution in [0.25, 0.3) is 5.69 Å². The minimum absolute atomic E-state index is 0.0783. The monoisotopic (exact) mass is 607 g/mol. The van der Waals surface area contributed by atoms with E-state index in [1.165, 1.54) is 12.1 Å².